The van der Waals surface area contributed by atoms with Crippen LogP contribution in [0.1, 0.15) is 19.8 Å². The largest absolute Gasteiger partial charge is 1.00 e. The van der Waals surface area contributed by atoms with E-state index in [1.165, 1.54) is 0 Å². The Hall–Kier alpha value is 0.430. The summed E-state index contributed by atoms with van der Waals surface area (Å²) < 4.78 is 0. The molecule has 0 aliphatic heterocycles. The van der Waals surface area contributed by atoms with Gasteiger partial charge in [0.1, 0.15) is 0 Å². The predicted molar refractivity (Wildman–Crippen MR) is 21.0 cm³/mol. The Kier molecular flexibility index (Phi) is 10.5. The Labute approximate surface area is 70.2 Å². The van der Waals surface area contributed by atoms with Crippen LogP contribution in [0.5, 0.6) is 0 Å². The number of rotatable bonds is 2. The van der Waals surface area contributed by atoms with Crippen molar-refractivity contribution in [2.45, 2.75) is 19.8 Å². The van der Waals surface area contributed by atoms with E-state index in [0.29, 0.717) is 6.42 Å². The predicted octanol–water partition coefficient (Wildman–Crippen LogP) is -3.39. The van der Waals surface area contributed by atoms with Crippen molar-refractivity contribution in [3.8, 4) is 0 Å². The molecule has 0 saturated heterocycles. The van der Waals surface area contributed by atoms with Gasteiger partial charge < -0.3 is 10.1 Å². The van der Waals surface area contributed by atoms with Gasteiger partial charge in [-0.15, -0.1) is 0 Å². The van der Waals surface area contributed by atoms with Crippen LogP contribution in [0.3, 0.4) is 0 Å². The summed E-state index contributed by atoms with van der Waals surface area (Å²) in [7, 11) is 0. The molecule has 0 aliphatic rings. The Bertz CT molecular complexity index is 64.3. The molecule has 42 valence electrons. The van der Waals surface area contributed by atoms with Crippen molar-refractivity contribution in [3.05, 3.63) is 0 Å². The van der Waals surface area contributed by atoms with Gasteiger partial charge in [-0.3, -0.25) is 4.79 Å². The standard InChI is InChI=1S/C4H8O3.Na/c1-2-3-4(5)7-6;/h6H,2-3H2,1H3;/q;+1/p-1. The molecule has 0 heterocycles. The maximum Gasteiger partial charge on any atom is 1.00 e. The molecule has 0 fully saturated rings. The summed E-state index contributed by atoms with van der Waals surface area (Å²) in [5.74, 6) is -0.678. The number of hydrogen-bond acceptors (Lipinski definition) is 3. The number of carbonyl (C=O) groups is 1. The van der Waals surface area contributed by atoms with Gasteiger partial charge in [0, 0.05) is 6.42 Å². The van der Waals surface area contributed by atoms with Crippen LogP contribution in [0, 0.1) is 0 Å². The van der Waals surface area contributed by atoms with E-state index < -0.39 is 5.97 Å². The quantitative estimate of drug-likeness (QED) is 0.220. The zero-order valence-corrected chi connectivity index (χ0v) is 7.14. The SMILES string of the molecule is CCCC(=O)O[O-].[Na+]. The average molecular weight is 126 g/mol. The van der Waals surface area contributed by atoms with Gasteiger partial charge in [0.25, 0.3) is 5.97 Å². The van der Waals surface area contributed by atoms with Crippen molar-refractivity contribution < 1.29 is 44.5 Å². The zero-order chi connectivity index (χ0) is 5.70. The summed E-state index contributed by atoms with van der Waals surface area (Å²) in [5, 5.41) is 9.17. The molecule has 0 rings (SSSR count). The second-order valence-corrected chi connectivity index (χ2v) is 1.21. The van der Waals surface area contributed by atoms with Crippen LogP contribution in [0.15, 0.2) is 0 Å². The summed E-state index contributed by atoms with van der Waals surface area (Å²) >= 11 is 0. The van der Waals surface area contributed by atoms with Gasteiger partial charge in [-0.05, 0) is 6.42 Å². The van der Waals surface area contributed by atoms with E-state index in [0.717, 1.165) is 0 Å². The number of carbonyl (C=O) groups excluding carboxylic acids is 1. The molecule has 0 bridgehead atoms. The van der Waals surface area contributed by atoms with Gasteiger partial charge in [-0.1, -0.05) is 6.92 Å². The molecule has 0 unspecified atom stereocenters. The fourth-order valence-corrected chi connectivity index (χ4v) is 0.246. The third-order valence-corrected chi connectivity index (χ3v) is 0.547. The van der Waals surface area contributed by atoms with E-state index in [1.807, 2.05) is 0 Å². The molecule has 0 saturated carbocycles. The maximum absolute atomic E-state index is 9.88. The third-order valence-electron chi connectivity index (χ3n) is 0.547. The minimum absolute atomic E-state index is 0. The van der Waals surface area contributed by atoms with Crippen LogP contribution in [-0.4, -0.2) is 5.97 Å². The van der Waals surface area contributed by atoms with Crippen LogP contribution in [0.4, 0.5) is 0 Å². The van der Waals surface area contributed by atoms with Crippen molar-refractivity contribution in [2.24, 2.45) is 0 Å². The van der Waals surface area contributed by atoms with Gasteiger partial charge in [0.15, 0.2) is 0 Å². The molecule has 0 aliphatic carbocycles. The second-order valence-electron chi connectivity index (χ2n) is 1.21. The second kappa shape index (κ2) is 7.43. The van der Waals surface area contributed by atoms with E-state index in [4.69, 9.17) is 0 Å². The summed E-state index contributed by atoms with van der Waals surface area (Å²) in [6.45, 7) is 1.80. The first-order chi connectivity index (χ1) is 3.31. The molecular formula is C4H7NaO3. The van der Waals surface area contributed by atoms with Crippen molar-refractivity contribution in [1.82, 2.24) is 0 Å². The number of hydrogen-bond donors (Lipinski definition) is 0. The van der Waals surface area contributed by atoms with E-state index >= 15 is 0 Å². The van der Waals surface area contributed by atoms with Crippen LogP contribution in [0.25, 0.3) is 0 Å². The first kappa shape index (κ1) is 11.3. The van der Waals surface area contributed by atoms with Crippen LogP contribution in [0.2, 0.25) is 0 Å². The van der Waals surface area contributed by atoms with Crippen LogP contribution in [-0.2, 0) is 9.68 Å². The monoisotopic (exact) mass is 126 g/mol. The molecule has 0 aromatic rings. The molecule has 3 nitrogen and oxygen atoms in total. The fraction of sp³-hybridized carbons (Fsp3) is 0.750. The van der Waals surface area contributed by atoms with Gasteiger partial charge in [-0.2, -0.15) is 0 Å². The molecule has 0 radical (unpaired) electrons. The molecule has 0 N–H and O–H groups in total. The summed E-state index contributed by atoms with van der Waals surface area (Å²) in [6, 6.07) is 0. The summed E-state index contributed by atoms with van der Waals surface area (Å²) in [5.41, 5.74) is 0. The van der Waals surface area contributed by atoms with Gasteiger partial charge in [0.2, 0.25) is 0 Å². The van der Waals surface area contributed by atoms with Crippen molar-refractivity contribution in [2.75, 3.05) is 0 Å². The van der Waals surface area contributed by atoms with E-state index in [9.17, 15) is 10.1 Å². The minimum atomic E-state index is -0.678. The zero-order valence-electron chi connectivity index (χ0n) is 5.14. The molecule has 0 spiro atoms. The molecule has 0 aromatic heterocycles. The minimum Gasteiger partial charge on any atom is -0.662 e. The van der Waals surface area contributed by atoms with E-state index in [2.05, 4.69) is 4.89 Å². The molecular weight excluding hydrogens is 119 g/mol. The first-order valence-corrected chi connectivity index (χ1v) is 2.14. The topological polar surface area (TPSA) is 49.4 Å². The molecule has 8 heavy (non-hydrogen) atoms. The smallest absolute Gasteiger partial charge is 0.662 e. The van der Waals surface area contributed by atoms with Gasteiger partial charge in [-0.25, -0.2) is 0 Å². The fourth-order valence-electron chi connectivity index (χ4n) is 0.246. The van der Waals surface area contributed by atoms with Crippen LogP contribution >= 0.6 is 0 Å². The summed E-state index contributed by atoms with van der Waals surface area (Å²) in [6.07, 6.45) is 0.893. The Morgan fingerprint density at radius 2 is 2.25 bits per heavy atom. The van der Waals surface area contributed by atoms with Gasteiger partial charge in [0.05, 0.1) is 0 Å². The average Bonchev–Trinajstić information content (AvgIpc) is 1.68. The van der Waals surface area contributed by atoms with Gasteiger partial charge >= 0.3 is 29.6 Å². The molecule has 0 atom stereocenters. The van der Waals surface area contributed by atoms with Crippen LogP contribution < -0.4 is 34.8 Å². The molecule has 4 heteroatoms. The van der Waals surface area contributed by atoms with Crippen molar-refractivity contribution in [1.29, 1.82) is 0 Å². The normalized spacial score (nSPS) is 7.25. The molecule has 0 amide bonds. The summed E-state index contributed by atoms with van der Waals surface area (Å²) in [4.78, 5) is 13.0. The maximum atomic E-state index is 9.88. The first-order valence-electron chi connectivity index (χ1n) is 2.14. The van der Waals surface area contributed by atoms with E-state index in [1.54, 1.807) is 6.92 Å². The van der Waals surface area contributed by atoms with Crippen molar-refractivity contribution in [3.63, 3.8) is 0 Å². The Morgan fingerprint density at radius 3 is 2.38 bits per heavy atom. The molecule has 0 aromatic carbocycles. The Morgan fingerprint density at radius 1 is 1.75 bits per heavy atom. The van der Waals surface area contributed by atoms with E-state index in [-0.39, 0.29) is 36.0 Å². The third kappa shape index (κ3) is 6.43. The Balaban J connectivity index is 0. The van der Waals surface area contributed by atoms with Crippen molar-refractivity contribution >= 4 is 5.97 Å².